The van der Waals surface area contributed by atoms with E-state index in [1.807, 2.05) is 39.0 Å². The zero-order chi connectivity index (χ0) is 17.4. The highest BCUT2D eigenvalue weighted by Crippen LogP contribution is 2.09. The molecule has 0 aliphatic rings. The Labute approximate surface area is 140 Å². The first-order valence-electron chi connectivity index (χ1n) is 8.47. The maximum absolute atomic E-state index is 12.5. The van der Waals surface area contributed by atoms with E-state index < -0.39 is 6.04 Å². The van der Waals surface area contributed by atoms with Gasteiger partial charge in [-0.05, 0) is 43.7 Å². The van der Waals surface area contributed by atoms with E-state index in [1.54, 1.807) is 12.1 Å². The van der Waals surface area contributed by atoms with Gasteiger partial charge in [-0.25, -0.2) is 0 Å². The number of benzene rings is 1. The van der Waals surface area contributed by atoms with Gasteiger partial charge in [0.1, 0.15) is 6.04 Å². The third kappa shape index (κ3) is 6.85. The van der Waals surface area contributed by atoms with Crippen LogP contribution in [0.2, 0.25) is 0 Å². The second kappa shape index (κ2) is 9.33. The van der Waals surface area contributed by atoms with Crippen molar-refractivity contribution in [3.05, 3.63) is 35.9 Å². The Hall–Kier alpha value is -1.84. The Morgan fingerprint density at radius 1 is 0.913 bits per heavy atom. The molecule has 0 saturated heterocycles. The Morgan fingerprint density at radius 2 is 1.52 bits per heavy atom. The largest absolute Gasteiger partial charge is 0.352 e. The topological polar surface area (TPSA) is 58.2 Å². The molecule has 0 aliphatic carbocycles. The summed E-state index contributed by atoms with van der Waals surface area (Å²) in [4.78, 5) is 24.8. The molecule has 2 amide bonds. The average molecular weight is 318 g/mol. The van der Waals surface area contributed by atoms with Gasteiger partial charge in [-0.3, -0.25) is 9.59 Å². The molecule has 0 spiro atoms. The molecule has 0 fully saturated rings. The molecule has 2 N–H and O–H groups in total. The van der Waals surface area contributed by atoms with Gasteiger partial charge in [0.15, 0.2) is 0 Å². The second-order valence-corrected chi connectivity index (χ2v) is 6.94. The van der Waals surface area contributed by atoms with Crippen molar-refractivity contribution in [2.75, 3.05) is 0 Å². The molecule has 2 unspecified atom stereocenters. The Morgan fingerprint density at radius 3 is 2.04 bits per heavy atom. The van der Waals surface area contributed by atoms with Crippen molar-refractivity contribution in [3.63, 3.8) is 0 Å². The van der Waals surface area contributed by atoms with Crippen LogP contribution in [0.1, 0.15) is 57.8 Å². The standard InChI is InChI=1S/C19H30N2O2/c1-13(2)11-12-15(5)20-19(23)17(14(3)4)21-18(22)16-9-7-6-8-10-16/h6-10,13-15,17H,11-12H2,1-5H3,(H,20,23)(H,21,22). The van der Waals surface area contributed by atoms with Gasteiger partial charge in [-0.2, -0.15) is 0 Å². The SMILES string of the molecule is CC(C)CCC(C)NC(=O)C(NC(=O)c1ccccc1)C(C)C. The van der Waals surface area contributed by atoms with Crippen molar-refractivity contribution in [1.29, 1.82) is 0 Å². The molecule has 128 valence electrons. The average Bonchev–Trinajstić information content (AvgIpc) is 2.50. The fourth-order valence-corrected chi connectivity index (χ4v) is 2.34. The Kier molecular flexibility index (Phi) is 7.79. The summed E-state index contributed by atoms with van der Waals surface area (Å²) >= 11 is 0. The van der Waals surface area contributed by atoms with Gasteiger partial charge in [0.2, 0.25) is 5.91 Å². The molecule has 0 bridgehead atoms. The van der Waals surface area contributed by atoms with Crippen molar-refractivity contribution in [3.8, 4) is 0 Å². The van der Waals surface area contributed by atoms with Crippen LogP contribution in [0, 0.1) is 11.8 Å². The molecule has 1 rings (SSSR count). The molecule has 23 heavy (non-hydrogen) atoms. The fourth-order valence-electron chi connectivity index (χ4n) is 2.34. The quantitative estimate of drug-likeness (QED) is 0.772. The number of hydrogen-bond donors (Lipinski definition) is 2. The number of amides is 2. The molecule has 2 atom stereocenters. The minimum Gasteiger partial charge on any atom is -0.352 e. The van der Waals surface area contributed by atoms with Gasteiger partial charge >= 0.3 is 0 Å². The van der Waals surface area contributed by atoms with Gasteiger partial charge in [0.05, 0.1) is 0 Å². The predicted molar refractivity (Wildman–Crippen MR) is 94.2 cm³/mol. The van der Waals surface area contributed by atoms with Crippen LogP contribution in [0.5, 0.6) is 0 Å². The zero-order valence-corrected chi connectivity index (χ0v) is 14.9. The van der Waals surface area contributed by atoms with E-state index in [1.165, 1.54) is 0 Å². The highest BCUT2D eigenvalue weighted by atomic mass is 16.2. The van der Waals surface area contributed by atoms with Gasteiger partial charge in [0.25, 0.3) is 5.91 Å². The van der Waals surface area contributed by atoms with Gasteiger partial charge < -0.3 is 10.6 Å². The molecule has 0 saturated carbocycles. The normalized spacial score (nSPS) is 13.7. The summed E-state index contributed by atoms with van der Waals surface area (Å²) in [6.45, 7) is 10.2. The summed E-state index contributed by atoms with van der Waals surface area (Å²) in [6.07, 6.45) is 2.02. The summed E-state index contributed by atoms with van der Waals surface area (Å²) in [5.41, 5.74) is 0.568. The molecule has 0 heterocycles. The van der Waals surface area contributed by atoms with Crippen molar-refractivity contribution in [2.24, 2.45) is 11.8 Å². The van der Waals surface area contributed by atoms with Crippen molar-refractivity contribution in [2.45, 2.75) is 59.5 Å². The minimum atomic E-state index is -0.524. The fraction of sp³-hybridized carbons (Fsp3) is 0.579. The summed E-state index contributed by atoms with van der Waals surface area (Å²) in [5, 5.41) is 5.87. The van der Waals surface area contributed by atoms with Crippen LogP contribution < -0.4 is 10.6 Å². The van der Waals surface area contributed by atoms with Gasteiger partial charge in [0, 0.05) is 11.6 Å². The number of rotatable bonds is 8. The number of hydrogen-bond acceptors (Lipinski definition) is 2. The van der Waals surface area contributed by atoms with Crippen molar-refractivity contribution < 1.29 is 9.59 Å². The van der Waals surface area contributed by atoms with E-state index in [0.29, 0.717) is 11.5 Å². The molecule has 0 aromatic heterocycles. The monoisotopic (exact) mass is 318 g/mol. The van der Waals surface area contributed by atoms with Crippen molar-refractivity contribution >= 4 is 11.8 Å². The number of carbonyl (C=O) groups is 2. The number of carbonyl (C=O) groups excluding carboxylic acids is 2. The van der Waals surface area contributed by atoms with Crippen LogP contribution in [-0.4, -0.2) is 23.9 Å². The summed E-state index contributed by atoms with van der Waals surface area (Å²) < 4.78 is 0. The maximum atomic E-state index is 12.5. The molecule has 0 aliphatic heterocycles. The highest BCUT2D eigenvalue weighted by molar-refractivity contribution is 5.97. The van der Waals surface area contributed by atoms with E-state index in [2.05, 4.69) is 24.5 Å². The first kappa shape index (κ1) is 19.2. The maximum Gasteiger partial charge on any atom is 0.251 e. The minimum absolute atomic E-state index is 0.0277. The molecule has 1 aromatic rings. The molecule has 1 aromatic carbocycles. The zero-order valence-electron chi connectivity index (χ0n) is 14.9. The lowest BCUT2D eigenvalue weighted by Crippen LogP contribution is -2.51. The lowest BCUT2D eigenvalue weighted by atomic mass is 10.0. The van der Waals surface area contributed by atoms with E-state index >= 15 is 0 Å². The molecule has 4 heteroatoms. The van der Waals surface area contributed by atoms with Crippen LogP contribution in [-0.2, 0) is 4.79 Å². The second-order valence-electron chi connectivity index (χ2n) is 6.94. The lowest BCUT2D eigenvalue weighted by molar-refractivity contribution is -0.124. The number of nitrogens with one attached hydrogen (secondary N) is 2. The Bertz CT molecular complexity index is 497. The summed E-state index contributed by atoms with van der Waals surface area (Å²) in [6, 6.07) is 8.57. The smallest absolute Gasteiger partial charge is 0.251 e. The van der Waals surface area contributed by atoms with Crippen molar-refractivity contribution in [1.82, 2.24) is 10.6 Å². The van der Waals surface area contributed by atoms with Crippen LogP contribution in [0.4, 0.5) is 0 Å². The Balaban J connectivity index is 2.63. The first-order valence-corrected chi connectivity index (χ1v) is 8.47. The van der Waals surface area contributed by atoms with Crippen LogP contribution in [0.15, 0.2) is 30.3 Å². The van der Waals surface area contributed by atoms with E-state index in [0.717, 1.165) is 12.8 Å². The van der Waals surface area contributed by atoms with Crippen LogP contribution in [0.25, 0.3) is 0 Å². The molecule has 4 nitrogen and oxygen atoms in total. The molecular weight excluding hydrogens is 288 g/mol. The van der Waals surface area contributed by atoms with Crippen LogP contribution >= 0.6 is 0 Å². The first-order chi connectivity index (χ1) is 10.8. The summed E-state index contributed by atoms with van der Waals surface area (Å²) in [7, 11) is 0. The highest BCUT2D eigenvalue weighted by Gasteiger charge is 2.25. The van der Waals surface area contributed by atoms with E-state index in [-0.39, 0.29) is 23.8 Å². The van der Waals surface area contributed by atoms with E-state index in [4.69, 9.17) is 0 Å². The third-order valence-electron chi connectivity index (χ3n) is 3.84. The molecular formula is C19H30N2O2. The summed E-state index contributed by atoms with van der Waals surface area (Å²) in [5.74, 6) is 0.322. The van der Waals surface area contributed by atoms with Crippen LogP contribution in [0.3, 0.4) is 0 Å². The van der Waals surface area contributed by atoms with Gasteiger partial charge in [-0.1, -0.05) is 45.9 Å². The third-order valence-corrected chi connectivity index (χ3v) is 3.84. The van der Waals surface area contributed by atoms with Gasteiger partial charge in [-0.15, -0.1) is 0 Å². The van der Waals surface area contributed by atoms with E-state index in [9.17, 15) is 9.59 Å². The predicted octanol–water partition coefficient (Wildman–Crippen LogP) is 3.38. The molecule has 0 radical (unpaired) electrons. The lowest BCUT2D eigenvalue weighted by Gasteiger charge is -2.24.